The van der Waals surface area contributed by atoms with Crippen LogP contribution in [0.4, 0.5) is 4.79 Å². The van der Waals surface area contributed by atoms with Crippen LogP contribution in [-0.2, 0) is 9.53 Å². The van der Waals surface area contributed by atoms with Crippen molar-refractivity contribution in [3.05, 3.63) is 0 Å². The van der Waals surface area contributed by atoms with E-state index in [1.807, 2.05) is 0 Å². The van der Waals surface area contributed by atoms with Gasteiger partial charge < -0.3 is 20.1 Å². The molecular weight excluding hydrogens is 260 g/mol. The normalized spacial score (nSPS) is 17.5. The topological polar surface area (TPSA) is 78.9 Å². The summed E-state index contributed by atoms with van der Waals surface area (Å²) in [5.41, 5.74) is 0. The molecule has 116 valence electrons. The van der Waals surface area contributed by atoms with Gasteiger partial charge in [0.05, 0.1) is 5.92 Å². The molecule has 0 saturated carbocycles. The van der Waals surface area contributed by atoms with Crippen molar-refractivity contribution in [2.75, 3.05) is 33.4 Å². The number of ether oxygens (including phenoxy) is 1. The highest BCUT2D eigenvalue weighted by molar-refractivity contribution is 5.73. The van der Waals surface area contributed by atoms with E-state index >= 15 is 0 Å². The van der Waals surface area contributed by atoms with Gasteiger partial charge in [-0.3, -0.25) is 4.79 Å². The van der Waals surface area contributed by atoms with E-state index < -0.39 is 5.97 Å². The Balaban J connectivity index is 2.13. The molecule has 0 aliphatic carbocycles. The van der Waals surface area contributed by atoms with Gasteiger partial charge in [0.1, 0.15) is 0 Å². The molecular formula is C14H26N2O4. The molecule has 6 nitrogen and oxygen atoms in total. The van der Waals surface area contributed by atoms with Gasteiger partial charge in [0.15, 0.2) is 0 Å². The quantitative estimate of drug-likeness (QED) is 0.696. The van der Waals surface area contributed by atoms with E-state index in [1.54, 1.807) is 18.9 Å². The van der Waals surface area contributed by atoms with Gasteiger partial charge in [-0.1, -0.05) is 6.92 Å². The van der Waals surface area contributed by atoms with Crippen molar-refractivity contribution in [1.29, 1.82) is 0 Å². The molecule has 1 heterocycles. The molecule has 20 heavy (non-hydrogen) atoms. The van der Waals surface area contributed by atoms with Gasteiger partial charge in [-0.2, -0.15) is 0 Å². The number of hydrogen-bond acceptors (Lipinski definition) is 3. The smallest absolute Gasteiger partial charge is 0.317 e. The Bertz CT molecular complexity index is 316. The van der Waals surface area contributed by atoms with Gasteiger partial charge in [0.25, 0.3) is 0 Å². The number of nitrogens with zero attached hydrogens (tertiary/aromatic N) is 1. The third-order valence-corrected chi connectivity index (χ3v) is 3.73. The number of aliphatic carboxylic acids is 1. The number of urea groups is 1. The standard InChI is InChI=1S/C14H26N2O4/c1-11(13(17)18)4-3-7-15-14(19)16(2)10-12-5-8-20-9-6-12/h11-12H,3-10H2,1-2H3,(H,15,19)(H,17,18). The second-order valence-corrected chi connectivity index (χ2v) is 5.55. The van der Waals surface area contributed by atoms with Gasteiger partial charge in [-0.25, -0.2) is 4.79 Å². The average Bonchev–Trinajstić information content (AvgIpc) is 2.43. The Morgan fingerprint density at radius 1 is 1.40 bits per heavy atom. The molecule has 0 radical (unpaired) electrons. The monoisotopic (exact) mass is 286 g/mol. The Labute approximate surface area is 120 Å². The molecule has 1 unspecified atom stereocenters. The molecule has 0 spiro atoms. The Morgan fingerprint density at radius 2 is 2.05 bits per heavy atom. The Kier molecular flexibility index (Phi) is 7.36. The van der Waals surface area contributed by atoms with E-state index in [2.05, 4.69) is 5.32 Å². The molecule has 0 aromatic heterocycles. The molecule has 0 aromatic carbocycles. The van der Waals surface area contributed by atoms with Crippen LogP contribution in [0.2, 0.25) is 0 Å². The molecule has 1 rings (SSSR count). The summed E-state index contributed by atoms with van der Waals surface area (Å²) in [6.45, 7) is 4.52. The summed E-state index contributed by atoms with van der Waals surface area (Å²) < 4.78 is 5.30. The lowest BCUT2D eigenvalue weighted by molar-refractivity contribution is -0.141. The first-order valence-electron chi connectivity index (χ1n) is 7.30. The number of carboxylic acids is 1. The lowest BCUT2D eigenvalue weighted by Crippen LogP contribution is -2.41. The van der Waals surface area contributed by atoms with Gasteiger partial charge in [0, 0.05) is 33.4 Å². The maximum Gasteiger partial charge on any atom is 0.317 e. The SMILES string of the molecule is CC(CCCNC(=O)N(C)CC1CCOCC1)C(=O)O. The van der Waals surface area contributed by atoms with Crippen molar-refractivity contribution in [2.24, 2.45) is 11.8 Å². The number of rotatable bonds is 7. The molecule has 6 heteroatoms. The number of carboxylic acid groups (broad SMARTS) is 1. The summed E-state index contributed by atoms with van der Waals surface area (Å²) in [5, 5.41) is 11.6. The molecule has 1 saturated heterocycles. The van der Waals surface area contributed by atoms with Crippen molar-refractivity contribution in [3.8, 4) is 0 Å². The fourth-order valence-electron chi connectivity index (χ4n) is 2.26. The lowest BCUT2D eigenvalue weighted by atomic mass is 10.00. The van der Waals surface area contributed by atoms with Crippen LogP contribution in [0, 0.1) is 11.8 Å². The molecule has 1 atom stereocenters. The van der Waals surface area contributed by atoms with Crippen molar-refractivity contribution in [1.82, 2.24) is 10.2 Å². The first-order chi connectivity index (χ1) is 9.50. The summed E-state index contributed by atoms with van der Waals surface area (Å²) in [7, 11) is 1.80. The van der Waals surface area contributed by atoms with Crippen molar-refractivity contribution in [2.45, 2.75) is 32.6 Å². The van der Waals surface area contributed by atoms with E-state index in [4.69, 9.17) is 9.84 Å². The third-order valence-electron chi connectivity index (χ3n) is 3.73. The summed E-state index contributed by atoms with van der Waals surface area (Å²) in [5.74, 6) is -0.619. The zero-order valence-electron chi connectivity index (χ0n) is 12.4. The molecule has 0 bridgehead atoms. The van der Waals surface area contributed by atoms with E-state index in [9.17, 15) is 9.59 Å². The second kappa shape index (κ2) is 8.79. The molecule has 0 aromatic rings. The van der Waals surface area contributed by atoms with Crippen LogP contribution >= 0.6 is 0 Å². The van der Waals surface area contributed by atoms with Crippen LogP contribution in [0.15, 0.2) is 0 Å². The third kappa shape index (κ3) is 6.23. The Hall–Kier alpha value is -1.30. The average molecular weight is 286 g/mol. The van der Waals surface area contributed by atoms with E-state index in [0.717, 1.165) is 32.6 Å². The lowest BCUT2D eigenvalue weighted by Gasteiger charge is -2.27. The van der Waals surface area contributed by atoms with Crippen LogP contribution in [0.1, 0.15) is 32.6 Å². The summed E-state index contributed by atoms with van der Waals surface area (Å²) in [6.07, 6.45) is 3.28. The van der Waals surface area contributed by atoms with Crippen LogP contribution in [0.3, 0.4) is 0 Å². The summed E-state index contributed by atoms with van der Waals surface area (Å²) in [4.78, 5) is 24.2. The maximum absolute atomic E-state index is 11.9. The molecule has 1 aliphatic rings. The second-order valence-electron chi connectivity index (χ2n) is 5.55. The fourth-order valence-corrected chi connectivity index (χ4v) is 2.26. The number of carbonyl (C=O) groups excluding carboxylic acids is 1. The highest BCUT2D eigenvalue weighted by atomic mass is 16.5. The highest BCUT2D eigenvalue weighted by Crippen LogP contribution is 2.15. The molecule has 1 fully saturated rings. The minimum Gasteiger partial charge on any atom is -0.481 e. The van der Waals surface area contributed by atoms with E-state index in [0.29, 0.717) is 25.3 Å². The molecule has 2 amide bonds. The first-order valence-corrected chi connectivity index (χ1v) is 7.30. The number of amides is 2. The minimum absolute atomic E-state index is 0.0838. The van der Waals surface area contributed by atoms with Crippen LogP contribution in [0.5, 0.6) is 0 Å². The van der Waals surface area contributed by atoms with Gasteiger partial charge in [-0.05, 0) is 31.6 Å². The molecule has 1 aliphatic heterocycles. The highest BCUT2D eigenvalue weighted by Gasteiger charge is 2.18. The van der Waals surface area contributed by atoms with Crippen molar-refractivity contribution < 1.29 is 19.4 Å². The fraction of sp³-hybridized carbons (Fsp3) is 0.857. The Morgan fingerprint density at radius 3 is 2.65 bits per heavy atom. The largest absolute Gasteiger partial charge is 0.481 e. The zero-order valence-corrected chi connectivity index (χ0v) is 12.4. The van der Waals surface area contributed by atoms with E-state index in [1.165, 1.54) is 0 Å². The van der Waals surface area contributed by atoms with E-state index in [-0.39, 0.29) is 11.9 Å². The van der Waals surface area contributed by atoms with Gasteiger partial charge in [0.2, 0.25) is 0 Å². The summed E-state index contributed by atoms with van der Waals surface area (Å²) in [6, 6.07) is -0.0838. The number of hydrogen-bond donors (Lipinski definition) is 2. The first kappa shape index (κ1) is 16.8. The predicted molar refractivity (Wildman–Crippen MR) is 75.6 cm³/mol. The number of nitrogens with one attached hydrogen (secondary N) is 1. The van der Waals surface area contributed by atoms with Crippen molar-refractivity contribution >= 4 is 12.0 Å². The van der Waals surface area contributed by atoms with Crippen LogP contribution in [-0.4, -0.2) is 55.4 Å². The summed E-state index contributed by atoms with van der Waals surface area (Å²) >= 11 is 0. The predicted octanol–water partition coefficient (Wildman–Crippen LogP) is 1.56. The maximum atomic E-state index is 11.9. The minimum atomic E-state index is -0.784. The van der Waals surface area contributed by atoms with Crippen LogP contribution in [0.25, 0.3) is 0 Å². The van der Waals surface area contributed by atoms with Gasteiger partial charge in [-0.15, -0.1) is 0 Å². The van der Waals surface area contributed by atoms with Crippen molar-refractivity contribution in [3.63, 3.8) is 0 Å². The van der Waals surface area contributed by atoms with Crippen LogP contribution < -0.4 is 5.32 Å². The zero-order chi connectivity index (χ0) is 15.0. The molecule has 2 N–H and O–H groups in total. The van der Waals surface area contributed by atoms with Gasteiger partial charge >= 0.3 is 12.0 Å². The number of carbonyl (C=O) groups is 2.